The summed E-state index contributed by atoms with van der Waals surface area (Å²) in [4.78, 5) is 16.0. The number of nitrogens with one attached hydrogen (secondary N) is 1. The number of rotatable bonds is 4. The van der Waals surface area contributed by atoms with Gasteiger partial charge in [0.15, 0.2) is 5.82 Å². The highest BCUT2D eigenvalue weighted by Crippen LogP contribution is 2.27. The number of aromatic nitrogens is 5. The number of hydrogen-bond donors (Lipinski definition) is 1. The topological polar surface area (TPSA) is 59.4 Å². The molecule has 0 fully saturated rings. The number of hydrogen-bond acceptors (Lipinski definition) is 3. The number of imidazole rings is 2. The molecule has 0 aliphatic carbocycles. The third kappa shape index (κ3) is 2.68. The summed E-state index contributed by atoms with van der Waals surface area (Å²) in [5.74, 6) is 0.940. The summed E-state index contributed by atoms with van der Waals surface area (Å²) in [6.45, 7) is 4.02. The molecule has 0 bridgehead atoms. The molecular formula is C15H15BrFN5. The monoisotopic (exact) mass is 363 g/mol. The molecule has 114 valence electrons. The van der Waals surface area contributed by atoms with Gasteiger partial charge in [-0.05, 0) is 41.4 Å². The number of pyridine rings is 1. The van der Waals surface area contributed by atoms with Crippen LogP contribution in [-0.4, -0.2) is 24.5 Å². The normalized spacial score (nSPS) is 12.5. The van der Waals surface area contributed by atoms with Crippen LogP contribution in [-0.2, 0) is 0 Å². The maximum absolute atomic E-state index is 13.4. The largest absolute Gasteiger partial charge is 0.343 e. The van der Waals surface area contributed by atoms with Gasteiger partial charge in [-0.25, -0.2) is 15.0 Å². The molecule has 3 heterocycles. The van der Waals surface area contributed by atoms with E-state index in [0.29, 0.717) is 11.5 Å². The average Bonchev–Trinajstić information content (AvgIpc) is 3.08. The van der Waals surface area contributed by atoms with Crippen LogP contribution in [0.25, 0.3) is 11.5 Å². The highest BCUT2D eigenvalue weighted by Gasteiger charge is 2.20. The maximum Gasteiger partial charge on any atom is 0.213 e. The molecule has 5 nitrogen and oxygen atoms in total. The molecule has 0 spiro atoms. The number of aromatic amines is 1. The zero-order valence-electron chi connectivity index (χ0n) is 12.2. The number of H-pyrrole nitrogens is 1. The van der Waals surface area contributed by atoms with Crippen molar-refractivity contribution in [3.05, 3.63) is 52.7 Å². The van der Waals surface area contributed by atoms with E-state index in [2.05, 4.69) is 42.8 Å². The van der Waals surface area contributed by atoms with Crippen molar-refractivity contribution in [3.63, 3.8) is 0 Å². The molecule has 3 aromatic heterocycles. The number of halogens is 2. The lowest BCUT2D eigenvalue weighted by Crippen LogP contribution is -2.12. The second kappa shape index (κ2) is 6.00. The van der Waals surface area contributed by atoms with Gasteiger partial charge < -0.3 is 9.55 Å². The second-order valence-corrected chi connectivity index (χ2v) is 5.72. The molecule has 0 amide bonds. The molecule has 22 heavy (non-hydrogen) atoms. The summed E-state index contributed by atoms with van der Waals surface area (Å²) in [5, 5.41) is 0. The van der Waals surface area contributed by atoms with Crippen LogP contribution in [0.3, 0.4) is 0 Å². The van der Waals surface area contributed by atoms with E-state index in [1.165, 1.54) is 6.07 Å². The lowest BCUT2D eigenvalue weighted by molar-refractivity contribution is 0.541. The molecule has 3 aromatic rings. The Kier molecular flexibility index (Phi) is 4.06. The van der Waals surface area contributed by atoms with E-state index in [0.717, 1.165) is 22.5 Å². The van der Waals surface area contributed by atoms with Crippen molar-refractivity contribution in [1.82, 2.24) is 24.5 Å². The van der Waals surface area contributed by atoms with Crippen molar-refractivity contribution in [2.24, 2.45) is 0 Å². The minimum absolute atomic E-state index is 0.0208. The molecule has 1 atom stereocenters. The van der Waals surface area contributed by atoms with Crippen LogP contribution in [0.4, 0.5) is 4.39 Å². The van der Waals surface area contributed by atoms with Crippen molar-refractivity contribution in [2.45, 2.75) is 26.3 Å². The Bertz CT molecular complexity index is 775. The molecule has 1 unspecified atom stereocenters. The summed E-state index contributed by atoms with van der Waals surface area (Å²) < 4.78 is 16.1. The fraction of sp³-hybridized carbons (Fsp3) is 0.267. The van der Waals surface area contributed by atoms with Gasteiger partial charge in [-0.2, -0.15) is 4.39 Å². The quantitative estimate of drug-likeness (QED) is 0.715. The minimum Gasteiger partial charge on any atom is -0.343 e. The Morgan fingerprint density at radius 2 is 2.18 bits per heavy atom. The first-order valence-corrected chi connectivity index (χ1v) is 7.77. The van der Waals surface area contributed by atoms with Crippen LogP contribution in [0, 0.1) is 12.9 Å². The Balaban J connectivity index is 2.06. The molecule has 0 aromatic carbocycles. The minimum atomic E-state index is -0.517. The third-order valence-corrected chi connectivity index (χ3v) is 4.27. The first-order chi connectivity index (χ1) is 10.6. The van der Waals surface area contributed by atoms with Gasteiger partial charge in [0.2, 0.25) is 5.95 Å². The van der Waals surface area contributed by atoms with Crippen LogP contribution >= 0.6 is 15.9 Å². The van der Waals surface area contributed by atoms with E-state index >= 15 is 0 Å². The van der Waals surface area contributed by atoms with E-state index in [-0.39, 0.29) is 6.04 Å². The van der Waals surface area contributed by atoms with Crippen molar-refractivity contribution in [1.29, 1.82) is 0 Å². The van der Waals surface area contributed by atoms with Gasteiger partial charge in [-0.15, -0.1) is 0 Å². The molecule has 0 aliphatic heterocycles. The van der Waals surface area contributed by atoms with Crippen molar-refractivity contribution < 1.29 is 4.39 Å². The average molecular weight is 364 g/mol. The van der Waals surface area contributed by atoms with Gasteiger partial charge in [0.25, 0.3) is 0 Å². The van der Waals surface area contributed by atoms with E-state index in [4.69, 9.17) is 0 Å². The number of nitrogens with zero attached hydrogens (tertiary/aromatic N) is 4. The molecule has 0 radical (unpaired) electrons. The smallest absolute Gasteiger partial charge is 0.213 e. The predicted octanol–water partition coefficient (Wildman–Crippen LogP) is 3.88. The molecule has 3 rings (SSSR count). The summed E-state index contributed by atoms with van der Waals surface area (Å²) in [7, 11) is 0. The number of aryl methyl sites for hydroxylation is 1. The molecule has 0 saturated carbocycles. The lowest BCUT2D eigenvalue weighted by Gasteiger charge is -2.17. The standard InChI is InChI=1S/C15H15BrFN5/c1-3-11(14-19-9(2)13(16)21-14)22-8-7-18-15(22)10-5-4-6-12(17)20-10/h4-8,11H,3H2,1-2H3,(H,19,21). The molecule has 7 heteroatoms. The SMILES string of the molecule is CCC(c1nc(Br)c(C)[nH]1)n1ccnc1-c1cccc(F)n1. The summed E-state index contributed by atoms with van der Waals surface area (Å²) in [6.07, 6.45) is 4.37. The Labute approximate surface area is 135 Å². The van der Waals surface area contributed by atoms with Gasteiger partial charge >= 0.3 is 0 Å². The van der Waals surface area contributed by atoms with Crippen molar-refractivity contribution in [2.75, 3.05) is 0 Å². The van der Waals surface area contributed by atoms with Gasteiger partial charge in [0, 0.05) is 18.1 Å². The Morgan fingerprint density at radius 1 is 1.36 bits per heavy atom. The Hall–Kier alpha value is -2.02. The molecule has 0 saturated heterocycles. The molecule has 1 N–H and O–H groups in total. The van der Waals surface area contributed by atoms with E-state index < -0.39 is 5.95 Å². The van der Waals surface area contributed by atoms with Gasteiger partial charge in [-0.1, -0.05) is 13.0 Å². The van der Waals surface area contributed by atoms with Crippen LogP contribution in [0.15, 0.2) is 35.2 Å². The zero-order chi connectivity index (χ0) is 15.7. The van der Waals surface area contributed by atoms with Gasteiger partial charge in [0.1, 0.15) is 16.1 Å². The van der Waals surface area contributed by atoms with E-state index in [9.17, 15) is 4.39 Å². The second-order valence-electron chi connectivity index (χ2n) is 4.97. The maximum atomic E-state index is 13.4. The summed E-state index contributed by atoms with van der Waals surface area (Å²) in [5.41, 5.74) is 1.48. The molecular weight excluding hydrogens is 349 g/mol. The van der Waals surface area contributed by atoms with Gasteiger partial charge in [-0.3, -0.25) is 0 Å². The first kappa shape index (κ1) is 14.9. The summed E-state index contributed by atoms with van der Waals surface area (Å²) in [6, 6.07) is 4.68. The van der Waals surface area contributed by atoms with Crippen LogP contribution in [0.1, 0.15) is 30.9 Å². The van der Waals surface area contributed by atoms with Crippen LogP contribution in [0.5, 0.6) is 0 Å². The lowest BCUT2D eigenvalue weighted by atomic mass is 10.2. The zero-order valence-corrected chi connectivity index (χ0v) is 13.8. The predicted molar refractivity (Wildman–Crippen MR) is 84.9 cm³/mol. The van der Waals surface area contributed by atoms with Crippen LogP contribution in [0.2, 0.25) is 0 Å². The molecule has 0 aliphatic rings. The first-order valence-electron chi connectivity index (χ1n) is 6.98. The summed E-state index contributed by atoms with van der Waals surface area (Å²) >= 11 is 3.42. The van der Waals surface area contributed by atoms with Gasteiger partial charge in [0.05, 0.1) is 6.04 Å². The third-order valence-electron chi connectivity index (χ3n) is 3.49. The van der Waals surface area contributed by atoms with Crippen LogP contribution < -0.4 is 0 Å². The van der Waals surface area contributed by atoms with Crippen molar-refractivity contribution in [3.8, 4) is 11.5 Å². The fourth-order valence-electron chi connectivity index (χ4n) is 2.44. The van der Waals surface area contributed by atoms with Crippen molar-refractivity contribution >= 4 is 15.9 Å². The highest BCUT2D eigenvalue weighted by molar-refractivity contribution is 9.10. The van der Waals surface area contributed by atoms with E-state index in [1.807, 2.05) is 17.7 Å². The highest BCUT2D eigenvalue weighted by atomic mass is 79.9. The Morgan fingerprint density at radius 3 is 2.82 bits per heavy atom. The fourth-order valence-corrected chi connectivity index (χ4v) is 2.73. The van der Waals surface area contributed by atoms with E-state index in [1.54, 1.807) is 18.3 Å².